The fraction of sp³-hybridized carbons (Fsp3) is 0.0667. The number of phenols is 3. The first-order chi connectivity index (χ1) is 16.1. The third kappa shape index (κ3) is 3.79. The molecule has 0 spiro atoms. The first-order valence-corrected chi connectivity index (χ1v) is 10.9. The van der Waals surface area contributed by atoms with E-state index in [0.717, 1.165) is 16.7 Å². The summed E-state index contributed by atoms with van der Waals surface area (Å²) < 4.78 is 0. The van der Waals surface area contributed by atoms with E-state index >= 15 is 0 Å². The lowest BCUT2D eigenvalue weighted by Gasteiger charge is -2.37. The van der Waals surface area contributed by atoms with Crippen LogP contribution in [0.15, 0.2) is 115 Å². The second kappa shape index (κ2) is 8.36. The van der Waals surface area contributed by atoms with E-state index < -0.39 is 5.41 Å². The number of aromatic hydroxyl groups is 3. The van der Waals surface area contributed by atoms with Gasteiger partial charge in [0.2, 0.25) is 0 Å². The average Bonchev–Trinajstić information content (AvgIpc) is 2.84. The van der Waals surface area contributed by atoms with Crippen molar-refractivity contribution >= 4 is 10.8 Å². The fourth-order valence-corrected chi connectivity index (χ4v) is 4.78. The van der Waals surface area contributed by atoms with Gasteiger partial charge in [0.05, 0.1) is 0 Å². The highest BCUT2D eigenvalue weighted by molar-refractivity contribution is 5.86. The molecule has 0 aliphatic heterocycles. The maximum Gasteiger partial charge on any atom is 0.115 e. The molecule has 162 valence electrons. The summed E-state index contributed by atoms with van der Waals surface area (Å²) in [4.78, 5) is 0. The maximum atomic E-state index is 10.0. The van der Waals surface area contributed by atoms with Gasteiger partial charge in [-0.15, -0.1) is 0 Å². The molecule has 0 aromatic heterocycles. The van der Waals surface area contributed by atoms with E-state index in [4.69, 9.17) is 0 Å². The largest absolute Gasteiger partial charge is 0.508 e. The predicted octanol–water partition coefficient (Wildman–Crippen LogP) is 6.53. The quantitative estimate of drug-likeness (QED) is 0.277. The Morgan fingerprint density at radius 1 is 0.455 bits per heavy atom. The van der Waals surface area contributed by atoms with Crippen LogP contribution in [0.1, 0.15) is 22.3 Å². The van der Waals surface area contributed by atoms with E-state index in [2.05, 4.69) is 36.4 Å². The Labute approximate surface area is 192 Å². The Morgan fingerprint density at radius 2 is 0.879 bits per heavy atom. The molecule has 0 amide bonds. The van der Waals surface area contributed by atoms with Gasteiger partial charge in [0.25, 0.3) is 0 Å². The monoisotopic (exact) mass is 432 g/mol. The molecular weight excluding hydrogens is 408 g/mol. The number of benzene rings is 5. The number of hydrogen-bond acceptors (Lipinski definition) is 3. The van der Waals surface area contributed by atoms with Crippen LogP contribution in [0.25, 0.3) is 10.8 Å². The van der Waals surface area contributed by atoms with Crippen molar-refractivity contribution in [3.8, 4) is 17.2 Å². The minimum atomic E-state index is -0.626. The van der Waals surface area contributed by atoms with E-state index in [-0.39, 0.29) is 17.2 Å². The predicted molar refractivity (Wildman–Crippen MR) is 132 cm³/mol. The smallest absolute Gasteiger partial charge is 0.115 e. The molecule has 0 radical (unpaired) electrons. The van der Waals surface area contributed by atoms with Gasteiger partial charge in [-0.05, 0) is 75.8 Å². The van der Waals surface area contributed by atoms with Crippen LogP contribution in [0.2, 0.25) is 0 Å². The third-order valence-electron chi connectivity index (χ3n) is 6.42. The summed E-state index contributed by atoms with van der Waals surface area (Å²) in [7, 11) is 0. The van der Waals surface area contributed by atoms with Gasteiger partial charge in [-0.3, -0.25) is 0 Å². The van der Waals surface area contributed by atoms with Crippen molar-refractivity contribution in [2.24, 2.45) is 0 Å². The Kier molecular flexibility index (Phi) is 5.23. The van der Waals surface area contributed by atoms with Crippen molar-refractivity contribution in [2.45, 2.75) is 11.8 Å². The molecule has 0 aliphatic rings. The van der Waals surface area contributed by atoms with Crippen molar-refractivity contribution < 1.29 is 15.3 Å². The van der Waals surface area contributed by atoms with Crippen LogP contribution in [0, 0.1) is 0 Å². The van der Waals surface area contributed by atoms with Gasteiger partial charge in [-0.2, -0.15) is 0 Å². The Balaban J connectivity index is 1.83. The van der Waals surface area contributed by atoms with Crippen LogP contribution in [0.3, 0.4) is 0 Å². The normalized spacial score (nSPS) is 11.5. The zero-order valence-corrected chi connectivity index (χ0v) is 18.0. The minimum absolute atomic E-state index is 0.203. The molecule has 5 aromatic rings. The number of hydrogen-bond donors (Lipinski definition) is 3. The van der Waals surface area contributed by atoms with Crippen LogP contribution < -0.4 is 0 Å². The highest BCUT2D eigenvalue weighted by Gasteiger charge is 2.37. The minimum Gasteiger partial charge on any atom is -0.508 e. The summed E-state index contributed by atoms with van der Waals surface area (Å²) in [6.07, 6.45) is 0.647. The standard InChI is InChI=1S/C30H24O3/c31-26-14-8-23(9-15-26)30(24-10-16-27(32)17-11-24,25-12-18-28(33)19-13-25)20-22-6-3-5-21-4-1-2-7-29(21)22/h1-19,31-33H,20H2. The van der Waals surface area contributed by atoms with Crippen LogP contribution in [0.5, 0.6) is 17.2 Å². The molecular formula is C30H24O3. The van der Waals surface area contributed by atoms with Gasteiger partial charge in [0.15, 0.2) is 0 Å². The van der Waals surface area contributed by atoms with Gasteiger partial charge in [0, 0.05) is 5.41 Å². The number of rotatable bonds is 5. The van der Waals surface area contributed by atoms with Crippen LogP contribution in [-0.4, -0.2) is 15.3 Å². The van der Waals surface area contributed by atoms with Gasteiger partial charge in [-0.1, -0.05) is 78.9 Å². The second-order valence-corrected chi connectivity index (χ2v) is 8.36. The zero-order chi connectivity index (χ0) is 22.8. The van der Waals surface area contributed by atoms with E-state index in [1.54, 1.807) is 36.4 Å². The molecule has 3 heteroatoms. The van der Waals surface area contributed by atoms with Crippen molar-refractivity contribution in [1.82, 2.24) is 0 Å². The first kappa shape index (κ1) is 20.7. The summed E-state index contributed by atoms with van der Waals surface area (Å²) in [6.45, 7) is 0. The van der Waals surface area contributed by atoms with E-state index in [0.29, 0.717) is 6.42 Å². The Bertz CT molecular complexity index is 1270. The van der Waals surface area contributed by atoms with Gasteiger partial charge in [0.1, 0.15) is 17.2 Å². The summed E-state index contributed by atoms with van der Waals surface area (Å²) in [5, 5.41) is 32.4. The topological polar surface area (TPSA) is 60.7 Å². The number of phenolic OH excluding ortho intramolecular Hbond substituents is 3. The zero-order valence-electron chi connectivity index (χ0n) is 18.0. The lowest BCUT2D eigenvalue weighted by molar-refractivity contribution is 0.473. The lowest BCUT2D eigenvalue weighted by atomic mass is 9.65. The van der Waals surface area contributed by atoms with E-state index in [1.807, 2.05) is 42.5 Å². The van der Waals surface area contributed by atoms with Gasteiger partial charge < -0.3 is 15.3 Å². The second-order valence-electron chi connectivity index (χ2n) is 8.36. The van der Waals surface area contributed by atoms with Crippen LogP contribution >= 0.6 is 0 Å². The summed E-state index contributed by atoms with van der Waals surface area (Å²) in [6, 6.07) is 36.6. The lowest BCUT2D eigenvalue weighted by Crippen LogP contribution is -2.32. The fourth-order valence-electron chi connectivity index (χ4n) is 4.78. The molecule has 0 bridgehead atoms. The van der Waals surface area contributed by atoms with E-state index in [9.17, 15) is 15.3 Å². The first-order valence-electron chi connectivity index (χ1n) is 10.9. The third-order valence-corrected chi connectivity index (χ3v) is 6.42. The molecule has 0 fully saturated rings. The molecule has 33 heavy (non-hydrogen) atoms. The molecule has 3 N–H and O–H groups in total. The van der Waals surface area contributed by atoms with Crippen molar-refractivity contribution in [2.75, 3.05) is 0 Å². The molecule has 0 atom stereocenters. The molecule has 0 unspecified atom stereocenters. The highest BCUT2D eigenvalue weighted by atomic mass is 16.3. The summed E-state index contributed by atoms with van der Waals surface area (Å²) >= 11 is 0. The van der Waals surface area contributed by atoms with Crippen molar-refractivity contribution in [3.05, 3.63) is 138 Å². The van der Waals surface area contributed by atoms with Gasteiger partial charge in [-0.25, -0.2) is 0 Å². The van der Waals surface area contributed by atoms with Gasteiger partial charge >= 0.3 is 0 Å². The molecule has 5 aromatic carbocycles. The Morgan fingerprint density at radius 3 is 1.36 bits per heavy atom. The number of fused-ring (bicyclic) bond motifs is 1. The molecule has 5 rings (SSSR count). The summed E-state index contributed by atoms with van der Waals surface area (Å²) in [5.41, 5.74) is 3.57. The van der Waals surface area contributed by atoms with E-state index in [1.165, 1.54) is 16.3 Å². The average molecular weight is 433 g/mol. The molecule has 0 saturated heterocycles. The van der Waals surface area contributed by atoms with Crippen molar-refractivity contribution in [3.63, 3.8) is 0 Å². The van der Waals surface area contributed by atoms with Crippen LogP contribution in [-0.2, 0) is 11.8 Å². The molecule has 0 saturated carbocycles. The highest BCUT2D eigenvalue weighted by Crippen LogP contribution is 2.44. The van der Waals surface area contributed by atoms with Crippen molar-refractivity contribution in [1.29, 1.82) is 0 Å². The summed E-state index contributed by atoms with van der Waals surface area (Å²) in [5.74, 6) is 0.609. The molecule has 0 aliphatic carbocycles. The molecule has 3 nitrogen and oxygen atoms in total. The molecule has 0 heterocycles. The maximum absolute atomic E-state index is 10.0. The SMILES string of the molecule is Oc1ccc(C(Cc2cccc3ccccc23)(c2ccc(O)cc2)c2ccc(O)cc2)cc1. The van der Waals surface area contributed by atoms with Crippen LogP contribution in [0.4, 0.5) is 0 Å². The Hall–Kier alpha value is -4.24.